The Morgan fingerprint density at radius 3 is 2.08 bits per heavy atom. The summed E-state index contributed by atoms with van der Waals surface area (Å²) in [6.07, 6.45) is 2.68. The van der Waals surface area contributed by atoms with Gasteiger partial charge in [-0.15, -0.1) is 0 Å². The first-order chi connectivity index (χ1) is 12.0. The second-order valence-electron chi connectivity index (χ2n) is 6.45. The van der Waals surface area contributed by atoms with Crippen LogP contribution < -0.4 is 4.72 Å². The van der Waals surface area contributed by atoms with Gasteiger partial charge in [0.2, 0.25) is 10.0 Å². The Kier molecular flexibility index (Phi) is 5.54. The molecular formula is C19H23NO4S. The highest BCUT2D eigenvalue weighted by Crippen LogP contribution is 2.34. The molecule has 0 aliphatic heterocycles. The van der Waals surface area contributed by atoms with Crippen LogP contribution in [-0.2, 0) is 16.4 Å². The molecule has 0 amide bonds. The molecular weight excluding hydrogens is 338 g/mol. The maximum absolute atomic E-state index is 12.0. The molecule has 1 unspecified atom stereocenters. The van der Waals surface area contributed by atoms with E-state index >= 15 is 0 Å². The molecule has 0 bridgehead atoms. The minimum atomic E-state index is -3.58. The molecule has 1 aliphatic rings. The van der Waals surface area contributed by atoms with Crippen LogP contribution in [0.1, 0.15) is 18.4 Å². The van der Waals surface area contributed by atoms with Crippen LogP contribution in [0.4, 0.5) is 0 Å². The number of benzene rings is 2. The largest absolute Gasteiger partial charge is 0.395 e. The van der Waals surface area contributed by atoms with E-state index in [1.807, 2.05) is 24.3 Å². The van der Waals surface area contributed by atoms with Gasteiger partial charge in [0.15, 0.2) is 0 Å². The fraction of sp³-hybridized carbons (Fsp3) is 0.368. The van der Waals surface area contributed by atoms with Crippen LogP contribution >= 0.6 is 0 Å². The summed E-state index contributed by atoms with van der Waals surface area (Å²) in [5.74, 6) is 0.466. The average Bonchev–Trinajstić information content (AvgIpc) is 3.46. The molecule has 134 valence electrons. The summed E-state index contributed by atoms with van der Waals surface area (Å²) in [6.45, 7) is -0.239. The van der Waals surface area contributed by atoms with E-state index < -0.39 is 10.0 Å². The Bertz CT molecular complexity index is 796. The lowest BCUT2D eigenvalue weighted by Crippen LogP contribution is -2.26. The van der Waals surface area contributed by atoms with Gasteiger partial charge in [-0.25, -0.2) is 13.1 Å². The van der Waals surface area contributed by atoms with Crippen molar-refractivity contribution in [3.63, 3.8) is 0 Å². The van der Waals surface area contributed by atoms with Crippen molar-refractivity contribution < 1.29 is 18.6 Å². The number of hydrogen-bond acceptors (Lipinski definition) is 4. The highest BCUT2D eigenvalue weighted by atomic mass is 32.2. The molecule has 0 spiro atoms. The van der Waals surface area contributed by atoms with Gasteiger partial charge in [0, 0.05) is 6.54 Å². The molecule has 1 aliphatic carbocycles. The van der Waals surface area contributed by atoms with Crippen LogP contribution in [0.15, 0.2) is 53.4 Å². The molecule has 2 aromatic rings. The Morgan fingerprint density at radius 2 is 1.56 bits per heavy atom. The van der Waals surface area contributed by atoms with E-state index in [4.69, 9.17) is 5.11 Å². The van der Waals surface area contributed by atoms with E-state index in [-0.39, 0.29) is 24.2 Å². The van der Waals surface area contributed by atoms with Gasteiger partial charge in [0.1, 0.15) is 0 Å². The summed E-state index contributed by atoms with van der Waals surface area (Å²) < 4.78 is 26.3. The van der Waals surface area contributed by atoms with E-state index in [2.05, 4.69) is 4.72 Å². The first-order valence-electron chi connectivity index (χ1n) is 8.47. The normalized spacial score (nSPS) is 15.9. The van der Waals surface area contributed by atoms with Crippen molar-refractivity contribution in [3.8, 4) is 11.1 Å². The van der Waals surface area contributed by atoms with Gasteiger partial charge in [-0.1, -0.05) is 36.4 Å². The Hall–Kier alpha value is -1.73. The van der Waals surface area contributed by atoms with Gasteiger partial charge >= 0.3 is 0 Å². The zero-order valence-corrected chi connectivity index (χ0v) is 14.7. The molecule has 1 saturated carbocycles. The quantitative estimate of drug-likeness (QED) is 0.671. The number of aliphatic hydroxyl groups excluding tert-OH is 2. The summed E-state index contributed by atoms with van der Waals surface area (Å²) in [5, 5.41) is 18.8. The van der Waals surface area contributed by atoms with Crippen molar-refractivity contribution >= 4 is 10.0 Å². The summed E-state index contributed by atoms with van der Waals surface area (Å²) in [6, 6.07) is 14.6. The van der Waals surface area contributed by atoms with E-state index in [0.29, 0.717) is 12.3 Å². The monoisotopic (exact) mass is 361 g/mol. The van der Waals surface area contributed by atoms with Crippen molar-refractivity contribution in [2.75, 3.05) is 13.2 Å². The topological polar surface area (TPSA) is 86.6 Å². The molecule has 0 radical (unpaired) electrons. The molecule has 0 aromatic heterocycles. The van der Waals surface area contributed by atoms with Crippen LogP contribution in [-0.4, -0.2) is 37.9 Å². The zero-order valence-electron chi connectivity index (χ0n) is 13.9. The summed E-state index contributed by atoms with van der Waals surface area (Å²) >= 11 is 0. The lowest BCUT2D eigenvalue weighted by Gasteiger charge is -2.10. The van der Waals surface area contributed by atoms with E-state index in [1.165, 1.54) is 0 Å². The van der Waals surface area contributed by atoms with Crippen LogP contribution in [0.2, 0.25) is 0 Å². The highest BCUT2D eigenvalue weighted by Gasteiger charge is 2.29. The second-order valence-corrected chi connectivity index (χ2v) is 8.22. The molecule has 3 N–H and O–H groups in total. The molecule has 2 aromatic carbocycles. The molecule has 5 nitrogen and oxygen atoms in total. The molecule has 1 atom stereocenters. The maximum Gasteiger partial charge on any atom is 0.240 e. The fourth-order valence-electron chi connectivity index (χ4n) is 2.81. The van der Waals surface area contributed by atoms with Gasteiger partial charge in [0.05, 0.1) is 17.6 Å². The Morgan fingerprint density at radius 1 is 1.00 bits per heavy atom. The minimum absolute atomic E-state index is 0.00173. The average molecular weight is 361 g/mol. The second kappa shape index (κ2) is 7.66. The van der Waals surface area contributed by atoms with Gasteiger partial charge in [-0.05, 0) is 54.0 Å². The molecule has 6 heteroatoms. The number of rotatable bonds is 8. The number of nitrogens with one attached hydrogen (secondary N) is 1. The molecule has 25 heavy (non-hydrogen) atoms. The third-order valence-corrected chi connectivity index (χ3v) is 5.94. The summed E-state index contributed by atoms with van der Waals surface area (Å²) in [7, 11) is -3.58. The molecule has 0 saturated heterocycles. The van der Waals surface area contributed by atoms with Crippen LogP contribution in [0, 0.1) is 5.92 Å². The molecule has 3 rings (SSSR count). The Balaban J connectivity index is 1.69. The Labute approximate surface area is 148 Å². The van der Waals surface area contributed by atoms with Crippen LogP contribution in [0.3, 0.4) is 0 Å². The molecule has 1 fully saturated rings. The predicted octanol–water partition coefficient (Wildman–Crippen LogP) is 1.94. The highest BCUT2D eigenvalue weighted by molar-refractivity contribution is 7.89. The van der Waals surface area contributed by atoms with E-state index in [1.54, 1.807) is 24.3 Å². The number of sulfonamides is 1. The van der Waals surface area contributed by atoms with Crippen LogP contribution in [0.25, 0.3) is 11.1 Å². The standard InChI is InChI=1S/C19H23NO4S/c21-12-11-20-25(23,24)18-9-7-16(8-10-18)15-3-1-14(2-4-15)13-19(22)17-5-6-17/h1-4,7-10,17,19-22H,5-6,11-13H2. The van der Waals surface area contributed by atoms with E-state index in [9.17, 15) is 13.5 Å². The maximum atomic E-state index is 12.0. The summed E-state index contributed by atoms with van der Waals surface area (Å²) in [5.41, 5.74) is 3.03. The van der Waals surface area contributed by atoms with Gasteiger partial charge in [0.25, 0.3) is 0 Å². The van der Waals surface area contributed by atoms with Crippen molar-refractivity contribution in [1.29, 1.82) is 0 Å². The SMILES string of the molecule is O=S(=O)(NCCO)c1ccc(-c2ccc(CC(O)C3CC3)cc2)cc1. The minimum Gasteiger partial charge on any atom is -0.395 e. The number of aliphatic hydroxyl groups is 2. The molecule has 0 heterocycles. The first kappa shape index (κ1) is 18.1. The van der Waals surface area contributed by atoms with Crippen molar-refractivity contribution in [1.82, 2.24) is 4.72 Å². The van der Waals surface area contributed by atoms with Gasteiger partial charge in [-0.3, -0.25) is 0 Å². The van der Waals surface area contributed by atoms with Crippen molar-refractivity contribution in [2.24, 2.45) is 5.92 Å². The fourth-order valence-corrected chi connectivity index (χ4v) is 3.83. The smallest absolute Gasteiger partial charge is 0.240 e. The van der Waals surface area contributed by atoms with Gasteiger partial charge in [-0.2, -0.15) is 0 Å². The van der Waals surface area contributed by atoms with E-state index in [0.717, 1.165) is 29.5 Å². The van der Waals surface area contributed by atoms with Crippen molar-refractivity contribution in [2.45, 2.75) is 30.3 Å². The van der Waals surface area contributed by atoms with Gasteiger partial charge < -0.3 is 10.2 Å². The lowest BCUT2D eigenvalue weighted by atomic mass is 10.0. The van der Waals surface area contributed by atoms with Crippen molar-refractivity contribution in [3.05, 3.63) is 54.1 Å². The zero-order chi connectivity index (χ0) is 17.9. The lowest BCUT2D eigenvalue weighted by molar-refractivity contribution is 0.151. The predicted molar refractivity (Wildman–Crippen MR) is 96.6 cm³/mol. The third kappa shape index (κ3) is 4.67. The number of hydrogen-bond donors (Lipinski definition) is 3. The summed E-state index contributed by atoms with van der Waals surface area (Å²) in [4.78, 5) is 0.175. The first-order valence-corrected chi connectivity index (χ1v) is 9.96. The third-order valence-electron chi connectivity index (χ3n) is 4.47. The van der Waals surface area contributed by atoms with Crippen LogP contribution in [0.5, 0.6) is 0 Å².